The Hall–Kier alpha value is -3.70. The highest BCUT2D eigenvalue weighted by Gasteiger charge is 2.23. The van der Waals surface area contributed by atoms with Gasteiger partial charge in [0.05, 0.1) is 11.4 Å². The number of nitrogens with two attached hydrogens (primary N) is 1. The van der Waals surface area contributed by atoms with Crippen molar-refractivity contribution >= 4 is 50.7 Å². The van der Waals surface area contributed by atoms with Crippen molar-refractivity contribution in [3.8, 4) is 5.69 Å². The second-order valence-corrected chi connectivity index (χ2v) is 8.74. The maximum atomic E-state index is 12.6. The number of thiophene rings is 1. The van der Waals surface area contributed by atoms with Crippen LogP contribution in [0.5, 0.6) is 0 Å². The third-order valence-corrected chi connectivity index (χ3v) is 6.45. The Labute approximate surface area is 195 Å². The molecule has 1 aromatic carbocycles. The lowest BCUT2D eigenvalue weighted by Crippen LogP contribution is -2.42. The minimum absolute atomic E-state index is 0.260. The third-order valence-electron chi connectivity index (χ3n) is 5.12. The number of Topliss-reactive ketones (excluding diaryl/α,β-unsaturated/α-hetero) is 1. The molecule has 0 aliphatic heterocycles. The van der Waals surface area contributed by atoms with E-state index in [0.717, 1.165) is 31.5 Å². The number of esters is 1. The molecule has 4 aromatic rings. The van der Waals surface area contributed by atoms with Crippen LogP contribution < -0.4 is 17.0 Å². The van der Waals surface area contributed by atoms with E-state index in [4.69, 9.17) is 22.1 Å². The number of rotatable bonds is 5. The molecule has 10 nitrogen and oxygen atoms in total. The molecule has 33 heavy (non-hydrogen) atoms. The summed E-state index contributed by atoms with van der Waals surface area (Å²) in [6, 6.07) is 8.77. The van der Waals surface area contributed by atoms with Crippen LogP contribution in [-0.2, 0) is 18.8 Å². The van der Waals surface area contributed by atoms with Crippen LogP contribution in [0.1, 0.15) is 25.7 Å². The molecule has 3 aromatic heterocycles. The topological polar surface area (TPSA) is 131 Å². The molecule has 0 saturated carbocycles. The van der Waals surface area contributed by atoms with Crippen LogP contribution in [0.3, 0.4) is 0 Å². The van der Waals surface area contributed by atoms with Gasteiger partial charge in [0.2, 0.25) is 5.78 Å². The molecule has 0 saturated heterocycles. The van der Waals surface area contributed by atoms with E-state index in [1.54, 1.807) is 28.9 Å². The molecular weight excluding hydrogens is 470 g/mol. The van der Waals surface area contributed by atoms with Gasteiger partial charge >= 0.3 is 11.7 Å². The van der Waals surface area contributed by atoms with Gasteiger partial charge in [-0.3, -0.25) is 18.7 Å². The molecule has 12 heteroatoms. The van der Waals surface area contributed by atoms with Gasteiger partial charge in [0.1, 0.15) is 21.1 Å². The third kappa shape index (κ3) is 3.85. The molecule has 0 aliphatic carbocycles. The highest BCUT2D eigenvalue weighted by molar-refractivity contribution is 7.20. The number of nitrogens with zero attached hydrogens (tertiary/aromatic N) is 4. The highest BCUT2D eigenvalue weighted by atomic mass is 35.5. The van der Waals surface area contributed by atoms with Crippen LogP contribution in [0, 0.1) is 6.92 Å². The number of anilines is 1. The SMILES string of the molecule is Cc1nn(-c2cccc(Cl)c2)c2sc(C(=O)OCC(=O)c3c(N)n(C)c(=O)n(C)c3=O)cc12. The van der Waals surface area contributed by atoms with Crippen molar-refractivity contribution in [2.75, 3.05) is 12.3 Å². The van der Waals surface area contributed by atoms with E-state index < -0.39 is 35.2 Å². The molecule has 170 valence electrons. The van der Waals surface area contributed by atoms with Crippen molar-refractivity contribution in [1.29, 1.82) is 0 Å². The summed E-state index contributed by atoms with van der Waals surface area (Å²) < 4.78 is 8.57. The Morgan fingerprint density at radius 3 is 2.61 bits per heavy atom. The van der Waals surface area contributed by atoms with Gasteiger partial charge in [0, 0.05) is 24.5 Å². The quantitative estimate of drug-likeness (QED) is 0.336. The fourth-order valence-electron chi connectivity index (χ4n) is 3.33. The van der Waals surface area contributed by atoms with Crippen molar-refractivity contribution in [3.05, 3.63) is 72.3 Å². The van der Waals surface area contributed by atoms with Gasteiger partial charge in [-0.1, -0.05) is 17.7 Å². The minimum atomic E-state index is -0.851. The molecule has 0 amide bonds. The second kappa shape index (κ2) is 8.34. The predicted molar refractivity (Wildman–Crippen MR) is 125 cm³/mol. The van der Waals surface area contributed by atoms with E-state index >= 15 is 0 Å². The van der Waals surface area contributed by atoms with Crippen molar-refractivity contribution < 1.29 is 14.3 Å². The summed E-state index contributed by atoms with van der Waals surface area (Å²) in [7, 11) is 2.57. The number of carbonyl (C=O) groups excluding carboxylic acids is 2. The zero-order valence-electron chi connectivity index (χ0n) is 17.8. The largest absolute Gasteiger partial charge is 0.453 e. The summed E-state index contributed by atoms with van der Waals surface area (Å²) in [6.07, 6.45) is 0. The summed E-state index contributed by atoms with van der Waals surface area (Å²) in [5.41, 5.74) is 5.30. The molecule has 0 unspecified atom stereocenters. The summed E-state index contributed by atoms with van der Waals surface area (Å²) in [4.78, 5) is 50.4. The second-order valence-electron chi connectivity index (χ2n) is 7.27. The molecule has 0 atom stereocenters. The normalized spacial score (nSPS) is 11.2. The number of aromatic nitrogens is 4. The Morgan fingerprint density at radius 1 is 1.18 bits per heavy atom. The molecule has 0 spiro atoms. The maximum absolute atomic E-state index is 12.6. The number of hydrogen-bond donors (Lipinski definition) is 1. The number of ether oxygens (including phenoxy) is 1. The summed E-state index contributed by atoms with van der Waals surface area (Å²) in [6.45, 7) is 1.11. The number of carbonyl (C=O) groups is 2. The lowest BCUT2D eigenvalue weighted by atomic mass is 10.2. The fourth-order valence-corrected chi connectivity index (χ4v) is 4.59. The first-order valence-corrected chi connectivity index (χ1v) is 10.8. The summed E-state index contributed by atoms with van der Waals surface area (Å²) in [5, 5.41) is 5.81. The van der Waals surface area contributed by atoms with Crippen molar-refractivity contribution in [2.24, 2.45) is 14.1 Å². The number of aryl methyl sites for hydroxylation is 1. The first-order chi connectivity index (χ1) is 15.6. The standard InChI is InChI=1S/C21H18ClN5O5S/c1-10-13-8-15(33-19(13)27(24-10)12-6-4-5-11(22)7-12)20(30)32-9-14(28)16-17(23)25(2)21(31)26(3)18(16)29/h4-8H,9,23H2,1-3H3. The number of nitrogen functional groups attached to an aromatic ring is 1. The summed E-state index contributed by atoms with van der Waals surface area (Å²) >= 11 is 7.23. The fraction of sp³-hybridized carbons (Fsp3) is 0.190. The molecular formula is C21H18ClN5O5S. The van der Waals surface area contributed by atoms with E-state index in [1.165, 1.54) is 14.1 Å². The average Bonchev–Trinajstić information content (AvgIpc) is 3.35. The van der Waals surface area contributed by atoms with Gasteiger partial charge in [-0.25, -0.2) is 14.3 Å². The van der Waals surface area contributed by atoms with Crippen LogP contribution in [0.2, 0.25) is 5.02 Å². The first kappa shape index (κ1) is 22.5. The van der Waals surface area contributed by atoms with Crippen LogP contribution >= 0.6 is 22.9 Å². The molecule has 3 heterocycles. The van der Waals surface area contributed by atoms with Gasteiger partial charge in [-0.15, -0.1) is 11.3 Å². The van der Waals surface area contributed by atoms with E-state index in [-0.39, 0.29) is 10.7 Å². The lowest BCUT2D eigenvalue weighted by Gasteiger charge is -2.10. The minimum Gasteiger partial charge on any atom is -0.453 e. The Morgan fingerprint density at radius 2 is 1.91 bits per heavy atom. The molecule has 2 N–H and O–H groups in total. The highest BCUT2D eigenvalue weighted by Crippen LogP contribution is 2.31. The first-order valence-electron chi connectivity index (χ1n) is 9.61. The maximum Gasteiger partial charge on any atom is 0.348 e. The van der Waals surface area contributed by atoms with E-state index in [2.05, 4.69) is 5.10 Å². The average molecular weight is 488 g/mol. The van der Waals surface area contributed by atoms with Crippen molar-refractivity contribution in [1.82, 2.24) is 18.9 Å². The van der Waals surface area contributed by atoms with Gasteiger partial charge in [-0.05, 0) is 31.2 Å². The number of fused-ring (bicyclic) bond motifs is 1. The number of ketones is 1. The van der Waals surface area contributed by atoms with E-state index in [1.807, 2.05) is 13.0 Å². The van der Waals surface area contributed by atoms with Crippen LogP contribution in [0.15, 0.2) is 39.9 Å². The van der Waals surface area contributed by atoms with Crippen LogP contribution in [0.25, 0.3) is 15.9 Å². The monoisotopic (exact) mass is 487 g/mol. The molecule has 0 aliphatic rings. The lowest BCUT2D eigenvalue weighted by molar-refractivity contribution is 0.0479. The Bertz CT molecular complexity index is 1560. The van der Waals surface area contributed by atoms with E-state index in [0.29, 0.717) is 15.5 Å². The Kier molecular flexibility index (Phi) is 5.68. The zero-order valence-corrected chi connectivity index (χ0v) is 19.4. The molecule has 0 bridgehead atoms. The van der Waals surface area contributed by atoms with E-state index in [9.17, 15) is 19.2 Å². The molecule has 0 radical (unpaired) electrons. The number of halogens is 1. The van der Waals surface area contributed by atoms with Gasteiger partial charge in [0.15, 0.2) is 6.61 Å². The number of benzene rings is 1. The van der Waals surface area contributed by atoms with Gasteiger partial charge in [0.25, 0.3) is 5.56 Å². The van der Waals surface area contributed by atoms with Crippen molar-refractivity contribution in [3.63, 3.8) is 0 Å². The molecule has 0 fully saturated rings. The Balaban J connectivity index is 1.60. The molecule has 4 rings (SSSR count). The van der Waals surface area contributed by atoms with Crippen LogP contribution in [-0.4, -0.2) is 37.3 Å². The predicted octanol–water partition coefficient (Wildman–Crippen LogP) is 2.07. The zero-order chi connectivity index (χ0) is 24.0. The summed E-state index contributed by atoms with van der Waals surface area (Å²) in [5.74, 6) is -1.83. The smallest absolute Gasteiger partial charge is 0.348 e. The van der Waals surface area contributed by atoms with Gasteiger partial charge in [-0.2, -0.15) is 5.10 Å². The van der Waals surface area contributed by atoms with Crippen LogP contribution in [0.4, 0.5) is 5.82 Å². The van der Waals surface area contributed by atoms with Crippen molar-refractivity contribution in [2.45, 2.75) is 6.92 Å². The number of hydrogen-bond acceptors (Lipinski definition) is 8. The van der Waals surface area contributed by atoms with Gasteiger partial charge < -0.3 is 10.5 Å².